The molecule has 0 bridgehead atoms. The van der Waals surface area contributed by atoms with Gasteiger partial charge in [0, 0.05) is 0 Å². The van der Waals surface area contributed by atoms with E-state index in [1.54, 1.807) is 6.26 Å². The highest BCUT2D eigenvalue weighted by atomic mass is 16.6. The van der Waals surface area contributed by atoms with Crippen LogP contribution < -0.4 is 9.47 Å². The molecule has 0 radical (unpaired) electrons. The Balaban J connectivity index is 2.43. The van der Waals surface area contributed by atoms with E-state index in [1.807, 2.05) is 32.0 Å². The minimum atomic E-state index is 0.784. The normalized spacial score (nSPS) is 14.0. The molecule has 0 aromatic heterocycles. The topological polar surface area (TPSA) is 18.5 Å². The fourth-order valence-electron chi connectivity index (χ4n) is 1.14. The first-order valence-corrected chi connectivity index (χ1v) is 3.87. The lowest BCUT2D eigenvalue weighted by atomic mass is 10.2. The van der Waals surface area contributed by atoms with Crippen molar-refractivity contribution in [2.45, 2.75) is 13.8 Å². The van der Waals surface area contributed by atoms with E-state index < -0.39 is 0 Å². The molecule has 1 aromatic rings. The number of hydrogen-bond acceptors (Lipinski definition) is 2. The average molecular weight is 162 g/mol. The fraction of sp³-hybridized carbons (Fsp3) is 0.200. The van der Waals surface area contributed by atoms with Crippen molar-refractivity contribution in [3.63, 3.8) is 0 Å². The summed E-state index contributed by atoms with van der Waals surface area (Å²) in [5.74, 6) is 2.37. The Morgan fingerprint density at radius 3 is 2.75 bits per heavy atom. The number of rotatable bonds is 0. The van der Waals surface area contributed by atoms with E-state index in [-0.39, 0.29) is 0 Å². The zero-order chi connectivity index (χ0) is 8.55. The lowest BCUT2D eigenvalue weighted by Gasteiger charge is -2.15. The highest BCUT2D eigenvalue weighted by Crippen LogP contribution is 2.32. The molecule has 12 heavy (non-hydrogen) atoms. The van der Waals surface area contributed by atoms with Gasteiger partial charge in [-0.05, 0) is 31.5 Å². The van der Waals surface area contributed by atoms with E-state index in [1.165, 1.54) is 5.56 Å². The zero-order valence-corrected chi connectivity index (χ0v) is 7.13. The number of fused-ring (bicyclic) bond motifs is 1. The summed E-state index contributed by atoms with van der Waals surface area (Å²) in [5, 5.41) is 0. The van der Waals surface area contributed by atoms with Crippen LogP contribution in [0.5, 0.6) is 11.5 Å². The highest BCUT2D eigenvalue weighted by molar-refractivity contribution is 5.45. The second-order valence-electron chi connectivity index (χ2n) is 2.90. The molecule has 0 saturated carbocycles. The molecule has 2 nitrogen and oxygen atoms in total. The van der Waals surface area contributed by atoms with Gasteiger partial charge in [-0.1, -0.05) is 6.07 Å². The minimum absolute atomic E-state index is 0.784. The molecule has 0 amide bonds. The SMILES string of the molecule is CC1=COc2ccc(C)cc2O1. The molecule has 1 aliphatic rings. The smallest absolute Gasteiger partial charge is 0.169 e. The van der Waals surface area contributed by atoms with Crippen molar-refractivity contribution in [3.8, 4) is 11.5 Å². The number of benzene rings is 1. The highest BCUT2D eigenvalue weighted by Gasteiger charge is 2.10. The minimum Gasteiger partial charge on any atom is -0.458 e. The molecule has 0 spiro atoms. The third kappa shape index (κ3) is 1.16. The van der Waals surface area contributed by atoms with Gasteiger partial charge in [0.05, 0.1) is 0 Å². The van der Waals surface area contributed by atoms with Gasteiger partial charge >= 0.3 is 0 Å². The second-order valence-corrected chi connectivity index (χ2v) is 2.90. The molecule has 1 aromatic carbocycles. The predicted octanol–water partition coefficient (Wildman–Crippen LogP) is 2.63. The molecular formula is C10H10O2. The van der Waals surface area contributed by atoms with Crippen molar-refractivity contribution in [3.05, 3.63) is 35.8 Å². The Kier molecular flexibility index (Phi) is 1.54. The molecule has 0 unspecified atom stereocenters. The maximum Gasteiger partial charge on any atom is 0.169 e. The van der Waals surface area contributed by atoms with Crippen LogP contribution in [-0.4, -0.2) is 0 Å². The van der Waals surface area contributed by atoms with E-state index in [4.69, 9.17) is 9.47 Å². The van der Waals surface area contributed by atoms with E-state index >= 15 is 0 Å². The van der Waals surface area contributed by atoms with E-state index in [9.17, 15) is 0 Å². The van der Waals surface area contributed by atoms with Gasteiger partial charge in [-0.3, -0.25) is 0 Å². The van der Waals surface area contributed by atoms with Crippen molar-refractivity contribution in [1.82, 2.24) is 0 Å². The first-order chi connectivity index (χ1) is 5.75. The summed E-state index contributed by atoms with van der Waals surface area (Å²) in [7, 11) is 0. The molecule has 0 N–H and O–H groups in total. The molecule has 1 heterocycles. The quantitative estimate of drug-likeness (QED) is 0.583. The third-order valence-corrected chi connectivity index (χ3v) is 1.72. The summed E-state index contributed by atoms with van der Waals surface area (Å²) >= 11 is 0. The van der Waals surface area contributed by atoms with Crippen LogP contribution in [0.4, 0.5) is 0 Å². The van der Waals surface area contributed by atoms with Gasteiger partial charge in [0.1, 0.15) is 12.0 Å². The lowest BCUT2D eigenvalue weighted by Crippen LogP contribution is -2.01. The first kappa shape index (κ1) is 7.22. The van der Waals surface area contributed by atoms with Crippen LogP contribution in [0.15, 0.2) is 30.2 Å². The van der Waals surface area contributed by atoms with Crippen LogP contribution >= 0.6 is 0 Å². The van der Waals surface area contributed by atoms with Gasteiger partial charge in [-0.15, -0.1) is 0 Å². The molecule has 0 saturated heterocycles. The van der Waals surface area contributed by atoms with Gasteiger partial charge in [-0.2, -0.15) is 0 Å². The van der Waals surface area contributed by atoms with Crippen molar-refractivity contribution in [2.24, 2.45) is 0 Å². The predicted molar refractivity (Wildman–Crippen MR) is 46.2 cm³/mol. The van der Waals surface area contributed by atoms with Crippen LogP contribution in [0.2, 0.25) is 0 Å². The van der Waals surface area contributed by atoms with E-state index in [2.05, 4.69) is 0 Å². The van der Waals surface area contributed by atoms with Crippen LogP contribution in [0.25, 0.3) is 0 Å². The molecule has 2 rings (SSSR count). The zero-order valence-electron chi connectivity index (χ0n) is 7.13. The lowest BCUT2D eigenvalue weighted by molar-refractivity contribution is 0.327. The Labute approximate surface area is 71.4 Å². The Bertz CT molecular complexity index is 340. The van der Waals surface area contributed by atoms with Crippen molar-refractivity contribution in [1.29, 1.82) is 0 Å². The molecular weight excluding hydrogens is 152 g/mol. The fourth-order valence-corrected chi connectivity index (χ4v) is 1.14. The van der Waals surface area contributed by atoms with Gasteiger partial charge in [-0.25, -0.2) is 0 Å². The summed E-state index contributed by atoms with van der Waals surface area (Å²) in [5.41, 5.74) is 1.17. The van der Waals surface area contributed by atoms with Crippen LogP contribution in [-0.2, 0) is 0 Å². The maximum absolute atomic E-state index is 5.45. The van der Waals surface area contributed by atoms with Crippen LogP contribution in [0.3, 0.4) is 0 Å². The van der Waals surface area contributed by atoms with Crippen LogP contribution in [0.1, 0.15) is 12.5 Å². The Hall–Kier alpha value is -1.44. The third-order valence-electron chi connectivity index (χ3n) is 1.72. The van der Waals surface area contributed by atoms with E-state index in [0.717, 1.165) is 17.3 Å². The van der Waals surface area contributed by atoms with Gasteiger partial charge in [0.2, 0.25) is 0 Å². The van der Waals surface area contributed by atoms with Gasteiger partial charge in [0.25, 0.3) is 0 Å². The molecule has 0 fully saturated rings. The van der Waals surface area contributed by atoms with Gasteiger partial charge in [0.15, 0.2) is 11.5 Å². The number of hydrogen-bond donors (Lipinski definition) is 0. The number of aryl methyl sites for hydroxylation is 1. The average Bonchev–Trinajstić information content (AvgIpc) is 2.03. The number of allylic oxidation sites excluding steroid dienone is 1. The standard InChI is InChI=1S/C10H10O2/c1-7-3-4-9-10(5-7)12-8(2)6-11-9/h3-6H,1-2H3. The summed E-state index contributed by atoms with van der Waals surface area (Å²) in [6, 6.07) is 5.87. The summed E-state index contributed by atoms with van der Waals surface area (Å²) in [4.78, 5) is 0. The van der Waals surface area contributed by atoms with Crippen LogP contribution in [0, 0.1) is 6.92 Å². The van der Waals surface area contributed by atoms with E-state index in [0.29, 0.717) is 0 Å². The van der Waals surface area contributed by atoms with Crippen molar-refractivity contribution >= 4 is 0 Å². The summed E-state index contributed by atoms with van der Waals surface area (Å²) in [6.45, 7) is 3.89. The molecule has 62 valence electrons. The molecule has 0 aliphatic carbocycles. The Morgan fingerprint density at radius 2 is 1.92 bits per heavy atom. The van der Waals surface area contributed by atoms with Crippen molar-refractivity contribution < 1.29 is 9.47 Å². The largest absolute Gasteiger partial charge is 0.458 e. The summed E-state index contributed by atoms with van der Waals surface area (Å²) in [6.07, 6.45) is 1.61. The van der Waals surface area contributed by atoms with Crippen molar-refractivity contribution in [2.75, 3.05) is 0 Å². The molecule has 1 aliphatic heterocycles. The summed E-state index contributed by atoms with van der Waals surface area (Å²) < 4.78 is 10.8. The molecule has 0 atom stereocenters. The Morgan fingerprint density at radius 1 is 1.08 bits per heavy atom. The van der Waals surface area contributed by atoms with Gasteiger partial charge < -0.3 is 9.47 Å². The maximum atomic E-state index is 5.45. The number of ether oxygens (including phenoxy) is 2. The second kappa shape index (κ2) is 2.55. The monoisotopic (exact) mass is 162 g/mol. The molecule has 2 heteroatoms. The first-order valence-electron chi connectivity index (χ1n) is 3.87.